The lowest BCUT2D eigenvalue weighted by Gasteiger charge is -2.09. The number of pyridine rings is 3. The minimum Gasteiger partial charge on any atom is -0.478 e. The van der Waals surface area contributed by atoms with Gasteiger partial charge >= 0.3 is 0 Å². The van der Waals surface area contributed by atoms with Gasteiger partial charge in [0.1, 0.15) is 5.65 Å². The monoisotopic (exact) mass is 390 g/mol. The van der Waals surface area contributed by atoms with Crippen molar-refractivity contribution in [2.45, 2.75) is 33.1 Å². The Morgan fingerprint density at radius 1 is 1.07 bits per heavy atom. The Bertz CT molecular complexity index is 1140. The Morgan fingerprint density at radius 3 is 2.79 bits per heavy atom. The number of rotatable bonds is 7. The topological polar surface area (TPSA) is 63.7 Å². The SMILES string of the molecule is CCOc1ncccc1CCc1ccc(Cc2c[nH]c3ncc(C)cc23)c(F)n1. The van der Waals surface area contributed by atoms with E-state index in [2.05, 4.69) is 26.0 Å². The molecule has 0 aliphatic carbocycles. The second kappa shape index (κ2) is 8.39. The first-order valence-electron chi connectivity index (χ1n) is 9.77. The average Bonchev–Trinajstić information content (AvgIpc) is 3.11. The first-order valence-corrected chi connectivity index (χ1v) is 9.77. The fraction of sp³-hybridized carbons (Fsp3) is 0.261. The average molecular weight is 390 g/mol. The van der Waals surface area contributed by atoms with Crippen LogP contribution in [0.25, 0.3) is 11.0 Å². The van der Waals surface area contributed by atoms with Crippen molar-refractivity contribution in [3.63, 3.8) is 0 Å². The lowest BCUT2D eigenvalue weighted by atomic mass is 10.0. The van der Waals surface area contributed by atoms with Crippen LogP contribution in [0.5, 0.6) is 5.88 Å². The fourth-order valence-corrected chi connectivity index (χ4v) is 3.43. The molecular formula is C23H23FN4O. The summed E-state index contributed by atoms with van der Waals surface area (Å²) >= 11 is 0. The van der Waals surface area contributed by atoms with E-state index < -0.39 is 5.95 Å². The summed E-state index contributed by atoms with van der Waals surface area (Å²) in [6.45, 7) is 4.49. The molecule has 4 rings (SSSR count). The molecule has 0 aliphatic rings. The van der Waals surface area contributed by atoms with Crippen LogP contribution in [-0.2, 0) is 19.3 Å². The standard InChI is InChI=1S/C23H23FN4O/c1-3-29-23-16(5-4-10-25-23)6-8-19-9-7-17(21(24)28-19)12-18-14-27-22-20(18)11-15(2)13-26-22/h4-5,7,9-11,13-14H,3,6,8,12H2,1-2H3,(H,26,27). The molecule has 4 aromatic rings. The van der Waals surface area contributed by atoms with E-state index >= 15 is 0 Å². The van der Waals surface area contributed by atoms with E-state index in [-0.39, 0.29) is 0 Å². The van der Waals surface area contributed by atoms with Crippen LogP contribution in [0.4, 0.5) is 4.39 Å². The molecule has 0 amide bonds. The largest absolute Gasteiger partial charge is 0.478 e. The number of fused-ring (bicyclic) bond motifs is 1. The van der Waals surface area contributed by atoms with Crippen molar-refractivity contribution < 1.29 is 9.13 Å². The van der Waals surface area contributed by atoms with Crippen LogP contribution in [0.2, 0.25) is 0 Å². The van der Waals surface area contributed by atoms with E-state index in [1.165, 1.54) is 0 Å². The number of aromatic nitrogens is 4. The van der Waals surface area contributed by atoms with E-state index in [0.29, 0.717) is 43.0 Å². The molecule has 0 spiro atoms. The third-order valence-electron chi connectivity index (χ3n) is 4.90. The summed E-state index contributed by atoms with van der Waals surface area (Å²) in [6.07, 6.45) is 7.21. The lowest BCUT2D eigenvalue weighted by molar-refractivity contribution is 0.323. The maximum absolute atomic E-state index is 14.7. The summed E-state index contributed by atoms with van der Waals surface area (Å²) in [5.41, 5.74) is 5.21. The molecule has 0 radical (unpaired) electrons. The maximum Gasteiger partial charge on any atom is 0.216 e. The first kappa shape index (κ1) is 19.1. The highest BCUT2D eigenvalue weighted by Gasteiger charge is 2.12. The molecule has 1 N–H and O–H groups in total. The molecule has 0 aromatic carbocycles. The molecular weight excluding hydrogens is 367 g/mol. The van der Waals surface area contributed by atoms with Gasteiger partial charge in [-0.1, -0.05) is 12.1 Å². The molecule has 148 valence electrons. The molecule has 0 saturated carbocycles. The highest BCUT2D eigenvalue weighted by molar-refractivity contribution is 5.80. The molecule has 4 aromatic heterocycles. The molecule has 0 bridgehead atoms. The molecule has 0 unspecified atom stereocenters. The Hall–Kier alpha value is -3.28. The number of ether oxygens (including phenoxy) is 1. The summed E-state index contributed by atoms with van der Waals surface area (Å²) < 4.78 is 20.2. The van der Waals surface area contributed by atoms with Crippen LogP contribution in [0.15, 0.2) is 48.9 Å². The molecule has 0 atom stereocenters. The Morgan fingerprint density at radius 2 is 1.97 bits per heavy atom. The molecule has 0 fully saturated rings. The predicted octanol–water partition coefficient (Wildman–Crippen LogP) is 4.58. The molecule has 6 heteroatoms. The molecule has 5 nitrogen and oxygen atoms in total. The third-order valence-corrected chi connectivity index (χ3v) is 4.90. The molecule has 4 heterocycles. The number of aryl methyl sites for hydroxylation is 3. The summed E-state index contributed by atoms with van der Waals surface area (Å²) in [5.74, 6) is 0.212. The number of aromatic amines is 1. The van der Waals surface area contributed by atoms with Gasteiger partial charge in [0.2, 0.25) is 11.8 Å². The number of nitrogens with zero attached hydrogens (tertiary/aromatic N) is 3. The summed E-state index contributed by atoms with van der Waals surface area (Å²) in [6, 6.07) is 9.65. The molecule has 0 saturated heterocycles. The minimum atomic E-state index is -0.423. The third kappa shape index (κ3) is 4.26. The predicted molar refractivity (Wildman–Crippen MR) is 111 cm³/mol. The van der Waals surface area contributed by atoms with Crippen molar-refractivity contribution in [2.24, 2.45) is 0 Å². The Labute approximate surface area is 169 Å². The van der Waals surface area contributed by atoms with Crippen molar-refractivity contribution in [2.75, 3.05) is 6.61 Å². The first-order chi connectivity index (χ1) is 14.1. The van der Waals surface area contributed by atoms with Crippen molar-refractivity contribution in [1.82, 2.24) is 19.9 Å². The van der Waals surface area contributed by atoms with Gasteiger partial charge < -0.3 is 9.72 Å². The van der Waals surface area contributed by atoms with Crippen LogP contribution in [-0.4, -0.2) is 26.5 Å². The second-order valence-corrected chi connectivity index (χ2v) is 7.05. The van der Waals surface area contributed by atoms with E-state index in [0.717, 1.165) is 27.7 Å². The van der Waals surface area contributed by atoms with Gasteiger partial charge in [0, 0.05) is 47.2 Å². The van der Waals surface area contributed by atoms with Gasteiger partial charge in [0.05, 0.1) is 6.61 Å². The van der Waals surface area contributed by atoms with Gasteiger partial charge in [0.15, 0.2) is 0 Å². The van der Waals surface area contributed by atoms with Gasteiger partial charge in [-0.05, 0) is 56.0 Å². The van der Waals surface area contributed by atoms with Crippen molar-refractivity contribution in [1.29, 1.82) is 0 Å². The Kier molecular flexibility index (Phi) is 5.51. The van der Waals surface area contributed by atoms with Gasteiger partial charge in [-0.2, -0.15) is 4.39 Å². The molecule has 29 heavy (non-hydrogen) atoms. The molecule has 0 aliphatic heterocycles. The van der Waals surface area contributed by atoms with Gasteiger partial charge in [-0.25, -0.2) is 15.0 Å². The minimum absolute atomic E-state index is 0.423. The van der Waals surface area contributed by atoms with Gasteiger partial charge in [-0.15, -0.1) is 0 Å². The van der Waals surface area contributed by atoms with Crippen molar-refractivity contribution in [3.05, 3.63) is 82.8 Å². The number of halogens is 1. The van der Waals surface area contributed by atoms with Crippen LogP contribution in [0.3, 0.4) is 0 Å². The van der Waals surface area contributed by atoms with Crippen LogP contribution < -0.4 is 4.74 Å². The highest BCUT2D eigenvalue weighted by Crippen LogP contribution is 2.22. The number of hydrogen-bond donors (Lipinski definition) is 1. The smallest absolute Gasteiger partial charge is 0.216 e. The summed E-state index contributed by atoms with van der Waals surface area (Å²) in [5, 5.41) is 1.02. The zero-order chi connectivity index (χ0) is 20.2. The van der Waals surface area contributed by atoms with Crippen molar-refractivity contribution in [3.8, 4) is 5.88 Å². The maximum atomic E-state index is 14.7. The van der Waals surface area contributed by atoms with Crippen molar-refractivity contribution >= 4 is 11.0 Å². The van der Waals surface area contributed by atoms with E-state index in [4.69, 9.17) is 4.74 Å². The second-order valence-electron chi connectivity index (χ2n) is 7.05. The quantitative estimate of drug-likeness (QED) is 0.469. The summed E-state index contributed by atoms with van der Waals surface area (Å²) in [4.78, 5) is 16.0. The highest BCUT2D eigenvalue weighted by atomic mass is 19.1. The Balaban J connectivity index is 1.49. The van der Waals surface area contributed by atoms with Crippen LogP contribution >= 0.6 is 0 Å². The van der Waals surface area contributed by atoms with E-state index in [9.17, 15) is 4.39 Å². The number of H-pyrrole nitrogens is 1. The number of hydrogen-bond acceptors (Lipinski definition) is 4. The normalized spacial score (nSPS) is 11.1. The van der Waals surface area contributed by atoms with E-state index in [1.54, 1.807) is 6.20 Å². The van der Waals surface area contributed by atoms with Gasteiger partial charge in [0.25, 0.3) is 0 Å². The number of nitrogens with one attached hydrogen (secondary N) is 1. The van der Waals surface area contributed by atoms with Crippen LogP contribution in [0.1, 0.15) is 34.9 Å². The fourth-order valence-electron chi connectivity index (χ4n) is 3.43. The van der Waals surface area contributed by atoms with Gasteiger partial charge in [-0.3, -0.25) is 0 Å². The zero-order valence-electron chi connectivity index (χ0n) is 16.6. The zero-order valence-corrected chi connectivity index (χ0v) is 16.6. The lowest BCUT2D eigenvalue weighted by Crippen LogP contribution is -2.03. The summed E-state index contributed by atoms with van der Waals surface area (Å²) in [7, 11) is 0. The van der Waals surface area contributed by atoms with Crippen LogP contribution in [0, 0.1) is 12.9 Å². The van der Waals surface area contributed by atoms with E-state index in [1.807, 2.05) is 50.5 Å².